The van der Waals surface area contributed by atoms with Crippen LogP contribution >= 0.6 is 0 Å². The van der Waals surface area contributed by atoms with Gasteiger partial charge in [-0.05, 0) is 44.7 Å². The van der Waals surface area contributed by atoms with Crippen LogP contribution in [0.4, 0.5) is 5.69 Å². The molecule has 2 aliphatic heterocycles. The van der Waals surface area contributed by atoms with Crippen molar-refractivity contribution in [2.45, 2.75) is 77.9 Å². The molecule has 0 aliphatic carbocycles. The first-order chi connectivity index (χ1) is 13.7. The molecule has 1 fully saturated rings. The van der Waals surface area contributed by atoms with Gasteiger partial charge in [0.25, 0.3) is 5.91 Å². The van der Waals surface area contributed by atoms with E-state index in [1.807, 2.05) is 32.0 Å². The molecule has 29 heavy (non-hydrogen) atoms. The van der Waals surface area contributed by atoms with E-state index in [2.05, 4.69) is 19.2 Å². The minimum atomic E-state index is -0.703. The average molecular weight is 400 g/mol. The normalized spacial score (nSPS) is 22.0. The lowest BCUT2D eigenvalue weighted by Crippen LogP contribution is -2.62. The lowest BCUT2D eigenvalue weighted by atomic mass is 9.98. The molecule has 3 rings (SSSR count). The van der Waals surface area contributed by atoms with E-state index >= 15 is 0 Å². The van der Waals surface area contributed by atoms with Crippen molar-refractivity contribution in [1.82, 2.24) is 10.2 Å². The maximum Gasteiger partial charge on any atom is 0.257 e. The van der Waals surface area contributed by atoms with E-state index in [9.17, 15) is 14.4 Å². The fourth-order valence-electron chi connectivity index (χ4n) is 4.51. The number of nitrogens with one attached hydrogen (secondary N) is 1. The number of nitrogens with zero attached hydrogens (tertiary/aromatic N) is 2. The number of fused-ring (bicyclic) bond motifs is 3. The highest BCUT2D eigenvalue weighted by atomic mass is 16.2. The van der Waals surface area contributed by atoms with Crippen LogP contribution in [-0.4, -0.2) is 40.9 Å². The topological polar surface area (TPSA) is 69.7 Å². The molecule has 1 N–H and O–H groups in total. The van der Waals surface area contributed by atoms with Crippen LogP contribution < -0.4 is 10.2 Å². The van der Waals surface area contributed by atoms with Gasteiger partial charge in [0.1, 0.15) is 5.66 Å². The van der Waals surface area contributed by atoms with Crippen LogP contribution in [0.2, 0.25) is 0 Å². The number of carbonyl (C=O) groups excluding carboxylic acids is 3. The van der Waals surface area contributed by atoms with Gasteiger partial charge in [-0.1, -0.05) is 38.8 Å². The van der Waals surface area contributed by atoms with Crippen molar-refractivity contribution in [2.24, 2.45) is 5.92 Å². The minimum Gasteiger partial charge on any atom is -0.354 e. The van der Waals surface area contributed by atoms with Crippen molar-refractivity contribution in [3.63, 3.8) is 0 Å². The second-order valence-corrected chi connectivity index (χ2v) is 8.96. The summed E-state index contributed by atoms with van der Waals surface area (Å²) in [5.41, 5.74) is 0.510. The highest BCUT2D eigenvalue weighted by Crippen LogP contribution is 2.43. The van der Waals surface area contributed by atoms with E-state index in [1.165, 1.54) is 0 Å². The third-order valence-corrected chi connectivity index (χ3v) is 6.13. The number of hydrogen-bond donors (Lipinski definition) is 1. The second-order valence-electron chi connectivity index (χ2n) is 8.96. The maximum atomic E-state index is 13.2. The first-order valence-electron chi connectivity index (χ1n) is 10.8. The first kappa shape index (κ1) is 21.3. The Hall–Kier alpha value is -2.37. The lowest BCUT2D eigenvalue weighted by molar-refractivity contribution is -0.122. The molecule has 0 bridgehead atoms. The van der Waals surface area contributed by atoms with Gasteiger partial charge in [-0.2, -0.15) is 0 Å². The number of benzene rings is 1. The molecular formula is C23H33N3O3. The number of hydrogen-bond acceptors (Lipinski definition) is 3. The predicted octanol–water partition coefficient (Wildman–Crippen LogP) is 3.71. The zero-order chi connectivity index (χ0) is 21.2. The number of carbonyl (C=O) groups is 3. The molecule has 1 aromatic rings. The van der Waals surface area contributed by atoms with Gasteiger partial charge < -0.3 is 10.2 Å². The molecule has 6 heteroatoms. The van der Waals surface area contributed by atoms with Gasteiger partial charge in [-0.3, -0.25) is 19.3 Å². The molecule has 1 saturated heterocycles. The van der Waals surface area contributed by atoms with Crippen LogP contribution in [0.25, 0.3) is 0 Å². The number of amides is 3. The number of rotatable bonds is 8. The smallest absolute Gasteiger partial charge is 0.257 e. The summed E-state index contributed by atoms with van der Waals surface area (Å²) in [6.07, 6.45) is 4.44. The predicted molar refractivity (Wildman–Crippen MR) is 114 cm³/mol. The van der Waals surface area contributed by atoms with Gasteiger partial charge in [0, 0.05) is 25.4 Å². The van der Waals surface area contributed by atoms with Gasteiger partial charge in [-0.25, -0.2) is 0 Å². The Morgan fingerprint density at radius 2 is 1.90 bits per heavy atom. The van der Waals surface area contributed by atoms with E-state index in [0.29, 0.717) is 36.6 Å². The standard InChI is InChI=1S/C23H33N3O3/c1-16(2)8-7-9-17(3)24-20(27)13-15-25-22(29)18-10-5-6-11-19(18)26-21(28)12-14-23(25,26)4/h5-6,10-11,16-17H,7-9,12-15H2,1-4H3,(H,24,27)/t17-,23-/m0/s1. The molecule has 0 radical (unpaired) electrons. The summed E-state index contributed by atoms with van der Waals surface area (Å²) in [4.78, 5) is 41.7. The highest BCUT2D eigenvalue weighted by molar-refractivity contribution is 6.10. The Morgan fingerprint density at radius 1 is 1.17 bits per heavy atom. The highest BCUT2D eigenvalue weighted by Gasteiger charge is 2.52. The first-order valence-corrected chi connectivity index (χ1v) is 10.8. The summed E-state index contributed by atoms with van der Waals surface area (Å²) >= 11 is 0. The minimum absolute atomic E-state index is 0.0284. The summed E-state index contributed by atoms with van der Waals surface area (Å²) in [5.74, 6) is 0.546. The Balaban J connectivity index is 1.65. The summed E-state index contributed by atoms with van der Waals surface area (Å²) in [5, 5.41) is 3.05. The molecule has 2 aliphatic rings. The third kappa shape index (κ3) is 4.31. The monoisotopic (exact) mass is 399 g/mol. The average Bonchev–Trinajstić information content (AvgIpc) is 2.96. The third-order valence-electron chi connectivity index (χ3n) is 6.13. The molecule has 1 aromatic carbocycles. The zero-order valence-electron chi connectivity index (χ0n) is 18.0. The Morgan fingerprint density at radius 3 is 2.62 bits per heavy atom. The molecule has 0 spiro atoms. The molecule has 2 heterocycles. The van der Waals surface area contributed by atoms with Crippen molar-refractivity contribution >= 4 is 23.4 Å². The quantitative estimate of drug-likeness (QED) is 0.724. The number of para-hydroxylation sites is 1. The largest absolute Gasteiger partial charge is 0.354 e. The Bertz CT molecular complexity index is 791. The van der Waals surface area contributed by atoms with Crippen LogP contribution in [0.1, 0.15) is 76.6 Å². The van der Waals surface area contributed by atoms with Gasteiger partial charge in [0.15, 0.2) is 0 Å². The molecule has 0 unspecified atom stereocenters. The van der Waals surface area contributed by atoms with Crippen molar-refractivity contribution in [1.29, 1.82) is 0 Å². The Labute approximate surface area is 173 Å². The van der Waals surface area contributed by atoms with Gasteiger partial charge in [0.05, 0.1) is 11.3 Å². The molecule has 2 atom stereocenters. The van der Waals surface area contributed by atoms with Crippen LogP contribution in [-0.2, 0) is 9.59 Å². The molecule has 6 nitrogen and oxygen atoms in total. The lowest BCUT2D eigenvalue weighted by Gasteiger charge is -2.48. The van der Waals surface area contributed by atoms with Crippen molar-refractivity contribution in [3.05, 3.63) is 29.8 Å². The van der Waals surface area contributed by atoms with Crippen LogP contribution in [0, 0.1) is 5.92 Å². The van der Waals surface area contributed by atoms with E-state index in [0.717, 1.165) is 19.3 Å². The van der Waals surface area contributed by atoms with Crippen molar-refractivity contribution in [2.75, 3.05) is 11.4 Å². The zero-order valence-corrected chi connectivity index (χ0v) is 18.0. The van der Waals surface area contributed by atoms with Crippen LogP contribution in [0.3, 0.4) is 0 Å². The van der Waals surface area contributed by atoms with Crippen molar-refractivity contribution in [3.8, 4) is 0 Å². The van der Waals surface area contributed by atoms with Gasteiger partial charge in [0.2, 0.25) is 11.8 Å². The Kier molecular flexibility index (Phi) is 6.30. The maximum absolute atomic E-state index is 13.2. The summed E-state index contributed by atoms with van der Waals surface area (Å²) in [6.45, 7) is 8.67. The van der Waals surface area contributed by atoms with E-state index < -0.39 is 5.66 Å². The van der Waals surface area contributed by atoms with Gasteiger partial charge in [-0.15, -0.1) is 0 Å². The molecule has 3 amide bonds. The summed E-state index contributed by atoms with van der Waals surface area (Å²) < 4.78 is 0. The second kappa shape index (κ2) is 8.56. The van der Waals surface area contributed by atoms with E-state index in [-0.39, 0.29) is 30.2 Å². The summed E-state index contributed by atoms with van der Waals surface area (Å²) in [7, 11) is 0. The molecule has 0 saturated carbocycles. The van der Waals surface area contributed by atoms with E-state index in [4.69, 9.17) is 0 Å². The number of anilines is 1. The fourth-order valence-corrected chi connectivity index (χ4v) is 4.51. The van der Waals surface area contributed by atoms with Crippen molar-refractivity contribution < 1.29 is 14.4 Å². The van der Waals surface area contributed by atoms with Gasteiger partial charge >= 0.3 is 0 Å². The summed E-state index contributed by atoms with van der Waals surface area (Å²) in [6, 6.07) is 7.37. The van der Waals surface area contributed by atoms with Crippen LogP contribution in [0.5, 0.6) is 0 Å². The molecular weight excluding hydrogens is 366 g/mol. The van der Waals surface area contributed by atoms with Crippen LogP contribution in [0.15, 0.2) is 24.3 Å². The molecule has 0 aromatic heterocycles. The SMILES string of the molecule is CC(C)CCC[C@H](C)NC(=O)CCN1C(=O)c2ccccc2N2C(=O)CC[C@@]12C. The van der Waals surface area contributed by atoms with E-state index in [1.54, 1.807) is 15.9 Å². The molecule has 158 valence electrons. The fraction of sp³-hybridized carbons (Fsp3) is 0.609.